The van der Waals surface area contributed by atoms with E-state index in [1.807, 2.05) is 6.92 Å². The van der Waals surface area contributed by atoms with E-state index in [-0.39, 0.29) is 6.10 Å². The van der Waals surface area contributed by atoms with Gasteiger partial charge >= 0.3 is 0 Å². The van der Waals surface area contributed by atoms with Crippen LogP contribution in [-0.2, 0) is 0 Å². The molecular formula is C10H16O. The lowest BCUT2D eigenvalue weighted by Crippen LogP contribution is -1.99. The largest absolute Gasteiger partial charge is 0.393 e. The van der Waals surface area contributed by atoms with Crippen LogP contribution >= 0.6 is 0 Å². The van der Waals surface area contributed by atoms with Gasteiger partial charge in [0.2, 0.25) is 0 Å². The van der Waals surface area contributed by atoms with E-state index >= 15 is 0 Å². The highest BCUT2D eigenvalue weighted by Crippen LogP contribution is 2.28. The summed E-state index contributed by atoms with van der Waals surface area (Å²) in [6, 6.07) is 0. The molecule has 0 aromatic rings. The molecule has 1 saturated carbocycles. The highest BCUT2D eigenvalue weighted by molar-refractivity contribution is 4.95. The zero-order chi connectivity index (χ0) is 8.10. The summed E-state index contributed by atoms with van der Waals surface area (Å²) in [6.45, 7) is 1.88. The summed E-state index contributed by atoms with van der Waals surface area (Å²) in [7, 11) is 0. The Morgan fingerprint density at radius 2 is 2.27 bits per heavy atom. The smallest absolute Gasteiger partial charge is 0.0543 e. The molecule has 1 rings (SSSR count). The van der Waals surface area contributed by atoms with Crippen molar-refractivity contribution in [2.24, 2.45) is 5.92 Å². The SMILES string of the molecule is CC#CCCC1CCC(O)C1. The van der Waals surface area contributed by atoms with Crippen LogP contribution in [0.1, 0.15) is 39.0 Å². The quantitative estimate of drug-likeness (QED) is 0.600. The molecule has 1 aliphatic carbocycles. The highest BCUT2D eigenvalue weighted by Gasteiger charge is 2.21. The Labute approximate surface area is 68.8 Å². The van der Waals surface area contributed by atoms with Gasteiger partial charge in [-0.3, -0.25) is 0 Å². The van der Waals surface area contributed by atoms with Gasteiger partial charge in [0.25, 0.3) is 0 Å². The van der Waals surface area contributed by atoms with Crippen LogP contribution < -0.4 is 0 Å². The minimum atomic E-state index is -0.0189. The van der Waals surface area contributed by atoms with E-state index in [9.17, 15) is 5.11 Å². The first-order valence-electron chi connectivity index (χ1n) is 4.40. The van der Waals surface area contributed by atoms with Crippen molar-refractivity contribution in [1.82, 2.24) is 0 Å². The van der Waals surface area contributed by atoms with Crippen LogP contribution in [0.5, 0.6) is 0 Å². The maximum Gasteiger partial charge on any atom is 0.0543 e. The summed E-state index contributed by atoms with van der Waals surface area (Å²) in [5.41, 5.74) is 0. The molecule has 1 heteroatoms. The summed E-state index contributed by atoms with van der Waals surface area (Å²) < 4.78 is 0. The molecule has 0 aromatic heterocycles. The molecule has 1 nitrogen and oxygen atoms in total. The van der Waals surface area contributed by atoms with E-state index in [4.69, 9.17) is 0 Å². The molecule has 0 amide bonds. The molecule has 11 heavy (non-hydrogen) atoms. The van der Waals surface area contributed by atoms with Crippen molar-refractivity contribution in [3.05, 3.63) is 0 Å². The molecule has 0 saturated heterocycles. The third-order valence-corrected chi connectivity index (χ3v) is 2.37. The van der Waals surface area contributed by atoms with Crippen LogP contribution in [0.25, 0.3) is 0 Å². The van der Waals surface area contributed by atoms with Gasteiger partial charge in [-0.2, -0.15) is 0 Å². The summed E-state index contributed by atoms with van der Waals surface area (Å²) in [5, 5.41) is 9.22. The molecule has 1 aliphatic rings. The van der Waals surface area contributed by atoms with E-state index in [0.29, 0.717) is 0 Å². The second-order valence-corrected chi connectivity index (χ2v) is 3.30. The first-order valence-corrected chi connectivity index (χ1v) is 4.40. The zero-order valence-electron chi connectivity index (χ0n) is 7.14. The van der Waals surface area contributed by atoms with Gasteiger partial charge in [0.1, 0.15) is 0 Å². The average molecular weight is 152 g/mol. The molecule has 0 heterocycles. The number of rotatable bonds is 2. The Kier molecular flexibility index (Phi) is 3.45. The lowest BCUT2D eigenvalue weighted by Gasteiger charge is -2.04. The van der Waals surface area contributed by atoms with Crippen LogP contribution in [0.3, 0.4) is 0 Å². The van der Waals surface area contributed by atoms with E-state index < -0.39 is 0 Å². The molecular weight excluding hydrogens is 136 g/mol. The van der Waals surface area contributed by atoms with Gasteiger partial charge in [-0.05, 0) is 38.5 Å². The fraction of sp³-hybridized carbons (Fsp3) is 0.800. The van der Waals surface area contributed by atoms with Gasteiger partial charge in [-0.25, -0.2) is 0 Å². The van der Waals surface area contributed by atoms with E-state index in [1.165, 1.54) is 12.8 Å². The zero-order valence-corrected chi connectivity index (χ0v) is 7.14. The van der Waals surface area contributed by atoms with Gasteiger partial charge in [0.05, 0.1) is 6.10 Å². The molecule has 0 bridgehead atoms. The molecule has 0 aliphatic heterocycles. The lowest BCUT2D eigenvalue weighted by atomic mass is 10.0. The third kappa shape index (κ3) is 2.95. The maximum atomic E-state index is 9.22. The van der Waals surface area contributed by atoms with Crippen molar-refractivity contribution >= 4 is 0 Å². The van der Waals surface area contributed by atoms with Crippen molar-refractivity contribution in [3.8, 4) is 11.8 Å². The predicted octanol–water partition coefficient (Wildman–Crippen LogP) is 1.95. The lowest BCUT2D eigenvalue weighted by molar-refractivity contribution is 0.177. The predicted molar refractivity (Wildman–Crippen MR) is 46.0 cm³/mol. The van der Waals surface area contributed by atoms with Crippen molar-refractivity contribution < 1.29 is 5.11 Å². The Morgan fingerprint density at radius 1 is 1.45 bits per heavy atom. The molecule has 62 valence electrons. The standard InChI is InChI=1S/C10H16O/c1-2-3-4-5-9-6-7-10(11)8-9/h9-11H,4-8H2,1H3. The van der Waals surface area contributed by atoms with Crippen LogP contribution in [0.15, 0.2) is 0 Å². The van der Waals surface area contributed by atoms with Gasteiger partial charge in [0.15, 0.2) is 0 Å². The summed E-state index contributed by atoms with van der Waals surface area (Å²) >= 11 is 0. The molecule has 2 unspecified atom stereocenters. The van der Waals surface area contributed by atoms with Crippen molar-refractivity contribution in [2.75, 3.05) is 0 Å². The Hall–Kier alpha value is -0.480. The van der Waals surface area contributed by atoms with Crippen LogP contribution in [0, 0.1) is 17.8 Å². The second kappa shape index (κ2) is 4.41. The number of hydrogen-bond acceptors (Lipinski definition) is 1. The van der Waals surface area contributed by atoms with Gasteiger partial charge in [-0.1, -0.05) is 0 Å². The molecule has 0 aromatic carbocycles. The van der Waals surface area contributed by atoms with Crippen LogP contribution in [-0.4, -0.2) is 11.2 Å². The van der Waals surface area contributed by atoms with Gasteiger partial charge in [-0.15, -0.1) is 11.8 Å². The Morgan fingerprint density at radius 3 is 2.82 bits per heavy atom. The first kappa shape index (κ1) is 8.62. The van der Waals surface area contributed by atoms with Crippen molar-refractivity contribution in [2.45, 2.75) is 45.1 Å². The summed E-state index contributed by atoms with van der Waals surface area (Å²) in [5.74, 6) is 6.69. The normalized spacial score (nSPS) is 29.6. The van der Waals surface area contributed by atoms with Crippen LogP contribution in [0.2, 0.25) is 0 Å². The minimum Gasteiger partial charge on any atom is -0.393 e. The van der Waals surface area contributed by atoms with Gasteiger partial charge < -0.3 is 5.11 Å². The third-order valence-electron chi connectivity index (χ3n) is 2.37. The minimum absolute atomic E-state index is 0.0189. The number of hydrogen-bond donors (Lipinski definition) is 1. The molecule has 2 atom stereocenters. The second-order valence-electron chi connectivity index (χ2n) is 3.30. The maximum absolute atomic E-state index is 9.22. The number of aliphatic hydroxyl groups is 1. The molecule has 1 N–H and O–H groups in total. The van der Waals surface area contributed by atoms with E-state index in [1.54, 1.807) is 0 Å². The fourth-order valence-electron chi connectivity index (χ4n) is 1.71. The van der Waals surface area contributed by atoms with E-state index in [0.717, 1.165) is 25.2 Å². The summed E-state index contributed by atoms with van der Waals surface area (Å²) in [6.07, 6.45) is 5.38. The fourth-order valence-corrected chi connectivity index (χ4v) is 1.71. The number of aliphatic hydroxyl groups excluding tert-OH is 1. The van der Waals surface area contributed by atoms with Crippen molar-refractivity contribution in [1.29, 1.82) is 0 Å². The molecule has 0 spiro atoms. The Balaban J connectivity index is 2.11. The first-order chi connectivity index (χ1) is 5.33. The monoisotopic (exact) mass is 152 g/mol. The molecule has 0 radical (unpaired) electrons. The van der Waals surface area contributed by atoms with Gasteiger partial charge in [0, 0.05) is 6.42 Å². The summed E-state index contributed by atoms with van der Waals surface area (Å²) in [4.78, 5) is 0. The van der Waals surface area contributed by atoms with Crippen LogP contribution in [0.4, 0.5) is 0 Å². The topological polar surface area (TPSA) is 20.2 Å². The molecule has 1 fully saturated rings. The average Bonchev–Trinajstić information content (AvgIpc) is 2.37. The van der Waals surface area contributed by atoms with Crippen molar-refractivity contribution in [3.63, 3.8) is 0 Å². The van der Waals surface area contributed by atoms with E-state index in [2.05, 4.69) is 11.8 Å². The Bertz CT molecular complexity index is 163. The highest BCUT2D eigenvalue weighted by atomic mass is 16.3.